The van der Waals surface area contributed by atoms with Crippen LogP contribution >= 0.6 is 0 Å². The first kappa shape index (κ1) is 9.70. The van der Waals surface area contributed by atoms with Gasteiger partial charge in [-0.05, 0) is 30.5 Å². The van der Waals surface area contributed by atoms with Crippen LogP contribution in [0.5, 0.6) is 5.75 Å². The van der Waals surface area contributed by atoms with Crippen molar-refractivity contribution in [2.45, 2.75) is 18.3 Å². The molecule has 1 amide bonds. The van der Waals surface area contributed by atoms with Gasteiger partial charge in [-0.3, -0.25) is 4.79 Å². The van der Waals surface area contributed by atoms with E-state index in [1.54, 1.807) is 7.11 Å². The van der Waals surface area contributed by atoms with Crippen LogP contribution in [0.25, 0.3) is 0 Å². The average molecular weight is 217 g/mol. The largest absolute Gasteiger partial charge is 0.497 e. The molecule has 1 saturated heterocycles. The molecule has 1 aliphatic heterocycles. The predicted molar refractivity (Wildman–Crippen MR) is 60.4 cm³/mol. The maximum Gasteiger partial charge on any atom is 0.224 e. The van der Waals surface area contributed by atoms with E-state index in [2.05, 4.69) is 17.4 Å². The van der Waals surface area contributed by atoms with E-state index in [1.807, 2.05) is 12.1 Å². The van der Waals surface area contributed by atoms with Gasteiger partial charge in [0.25, 0.3) is 0 Å². The number of carbonyl (C=O) groups is 1. The number of methoxy groups -OCH3 is 1. The van der Waals surface area contributed by atoms with Crippen LogP contribution in [0.15, 0.2) is 24.3 Å². The number of carbonyl (C=O) groups excluding carboxylic acids is 1. The molecule has 1 aromatic rings. The van der Waals surface area contributed by atoms with Gasteiger partial charge in [0.05, 0.1) is 7.11 Å². The number of benzene rings is 1. The summed E-state index contributed by atoms with van der Waals surface area (Å²) in [5.41, 5.74) is 1.28. The highest BCUT2D eigenvalue weighted by atomic mass is 16.5. The summed E-state index contributed by atoms with van der Waals surface area (Å²) in [5, 5.41) is 2.98. The zero-order valence-electron chi connectivity index (χ0n) is 9.32. The number of fused-ring (bicyclic) bond motifs is 1. The van der Waals surface area contributed by atoms with Gasteiger partial charge in [-0.2, -0.15) is 0 Å². The molecular formula is C13H15NO2. The van der Waals surface area contributed by atoms with Gasteiger partial charge in [-0.1, -0.05) is 12.1 Å². The molecule has 2 fully saturated rings. The van der Waals surface area contributed by atoms with Crippen LogP contribution in [0, 0.1) is 5.92 Å². The van der Waals surface area contributed by atoms with E-state index in [0.29, 0.717) is 0 Å². The molecule has 0 bridgehead atoms. The molecule has 1 aliphatic carbocycles. The Morgan fingerprint density at radius 2 is 2.38 bits per heavy atom. The Kier molecular flexibility index (Phi) is 1.96. The third-order valence-corrected chi connectivity index (χ3v) is 4.09. The molecule has 0 aromatic heterocycles. The molecule has 1 N–H and O–H groups in total. The van der Waals surface area contributed by atoms with Crippen molar-refractivity contribution >= 4 is 5.91 Å². The first-order chi connectivity index (χ1) is 7.76. The molecule has 3 rings (SSSR count). The first-order valence-electron chi connectivity index (χ1n) is 5.68. The van der Waals surface area contributed by atoms with E-state index in [9.17, 15) is 4.79 Å². The maximum absolute atomic E-state index is 11.6. The Hall–Kier alpha value is -1.51. The van der Waals surface area contributed by atoms with Crippen molar-refractivity contribution in [1.29, 1.82) is 0 Å². The summed E-state index contributed by atoms with van der Waals surface area (Å²) >= 11 is 0. The quantitative estimate of drug-likeness (QED) is 0.814. The van der Waals surface area contributed by atoms with Crippen molar-refractivity contribution < 1.29 is 9.53 Å². The van der Waals surface area contributed by atoms with Gasteiger partial charge < -0.3 is 10.1 Å². The summed E-state index contributed by atoms with van der Waals surface area (Å²) < 4.78 is 5.24. The fraction of sp³-hybridized carbons (Fsp3) is 0.462. The van der Waals surface area contributed by atoms with Gasteiger partial charge in [0, 0.05) is 17.9 Å². The van der Waals surface area contributed by atoms with E-state index in [-0.39, 0.29) is 17.2 Å². The smallest absolute Gasteiger partial charge is 0.224 e. The molecule has 2 aliphatic rings. The van der Waals surface area contributed by atoms with Gasteiger partial charge in [0.2, 0.25) is 5.91 Å². The van der Waals surface area contributed by atoms with E-state index < -0.39 is 0 Å². The third kappa shape index (κ3) is 1.11. The number of nitrogens with one attached hydrogen (secondary N) is 1. The monoisotopic (exact) mass is 217 g/mol. The summed E-state index contributed by atoms with van der Waals surface area (Å²) in [6.07, 6.45) is 2.12. The van der Waals surface area contributed by atoms with Crippen molar-refractivity contribution in [3.8, 4) is 5.75 Å². The lowest BCUT2D eigenvalue weighted by Gasteiger charge is -2.43. The lowest BCUT2D eigenvalue weighted by atomic mass is 9.58. The molecule has 1 heterocycles. The molecule has 3 nitrogen and oxygen atoms in total. The van der Waals surface area contributed by atoms with Crippen LogP contribution in [-0.2, 0) is 10.2 Å². The second-order valence-electron chi connectivity index (χ2n) is 4.70. The van der Waals surface area contributed by atoms with Crippen LogP contribution in [0.4, 0.5) is 0 Å². The number of hydrogen-bond donors (Lipinski definition) is 1. The van der Waals surface area contributed by atoms with Gasteiger partial charge in [0.15, 0.2) is 0 Å². The molecular weight excluding hydrogens is 202 g/mol. The zero-order chi connectivity index (χ0) is 11.2. The fourth-order valence-electron chi connectivity index (χ4n) is 2.98. The van der Waals surface area contributed by atoms with E-state index >= 15 is 0 Å². The standard InChI is InChI=1S/C13H15NO2/c1-16-10-4-2-3-9(7-10)13-6-5-11(13)12(15)14-8-13/h2-4,7,11H,5-6,8H2,1H3,(H,14,15). The highest BCUT2D eigenvalue weighted by Gasteiger charge is 2.55. The van der Waals surface area contributed by atoms with Crippen molar-refractivity contribution in [1.82, 2.24) is 5.32 Å². The Morgan fingerprint density at radius 1 is 1.50 bits per heavy atom. The van der Waals surface area contributed by atoms with Gasteiger partial charge in [-0.15, -0.1) is 0 Å². The Balaban J connectivity index is 2.00. The summed E-state index contributed by atoms with van der Waals surface area (Å²) in [7, 11) is 1.67. The molecule has 2 unspecified atom stereocenters. The number of amides is 1. The lowest BCUT2D eigenvalue weighted by Crippen LogP contribution is -2.44. The van der Waals surface area contributed by atoms with Crippen LogP contribution in [0.3, 0.4) is 0 Å². The van der Waals surface area contributed by atoms with Gasteiger partial charge in [-0.25, -0.2) is 0 Å². The SMILES string of the molecule is COc1cccc(C23CCC2C(=O)NC3)c1. The van der Waals surface area contributed by atoms with E-state index in [0.717, 1.165) is 25.1 Å². The van der Waals surface area contributed by atoms with Crippen LogP contribution in [0.2, 0.25) is 0 Å². The topological polar surface area (TPSA) is 38.3 Å². The molecule has 3 heteroatoms. The Morgan fingerprint density at radius 3 is 3.00 bits per heavy atom. The fourth-order valence-corrected chi connectivity index (χ4v) is 2.98. The molecule has 0 radical (unpaired) electrons. The predicted octanol–water partition coefficient (Wildman–Crippen LogP) is 1.47. The van der Waals surface area contributed by atoms with Gasteiger partial charge in [0.1, 0.15) is 5.75 Å². The van der Waals surface area contributed by atoms with Crippen molar-refractivity contribution in [2.75, 3.05) is 13.7 Å². The molecule has 1 aromatic carbocycles. The summed E-state index contributed by atoms with van der Waals surface area (Å²) in [4.78, 5) is 11.6. The average Bonchev–Trinajstić information content (AvgIpc) is 2.50. The second kappa shape index (κ2) is 3.24. The van der Waals surface area contributed by atoms with Crippen molar-refractivity contribution in [3.05, 3.63) is 29.8 Å². The first-order valence-corrected chi connectivity index (χ1v) is 5.68. The van der Waals surface area contributed by atoms with Crippen LogP contribution in [-0.4, -0.2) is 19.6 Å². The minimum Gasteiger partial charge on any atom is -0.497 e. The second-order valence-corrected chi connectivity index (χ2v) is 4.70. The van der Waals surface area contributed by atoms with E-state index in [1.165, 1.54) is 5.56 Å². The summed E-state index contributed by atoms with van der Waals surface area (Å²) in [5.74, 6) is 1.27. The number of ether oxygens (including phenoxy) is 1. The minimum absolute atomic E-state index is 0.0472. The van der Waals surface area contributed by atoms with Crippen LogP contribution < -0.4 is 10.1 Å². The van der Waals surface area contributed by atoms with Crippen molar-refractivity contribution in [3.63, 3.8) is 0 Å². The molecule has 84 valence electrons. The zero-order valence-corrected chi connectivity index (χ0v) is 9.32. The minimum atomic E-state index is 0.0472. The third-order valence-electron chi connectivity index (χ3n) is 4.09. The normalized spacial score (nSPS) is 31.6. The van der Waals surface area contributed by atoms with Gasteiger partial charge >= 0.3 is 0 Å². The van der Waals surface area contributed by atoms with Crippen molar-refractivity contribution in [2.24, 2.45) is 5.92 Å². The Labute approximate surface area is 94.8 Å². The lowest BCUT2D eigenvalue weighted by molar-refractivity contribution is -0.125. The molecule has 2 atom stereocenters. The van der Waals surface area contributed by atoms with E-state index in [4.69, 9.17) is 4.74 Å². The summed E-state index contributed by atoms with van der Waals surface area (Å²) in [6.45, 7) is 0.781. The highest BCUT2D eigenvalue weighted by molar-refractivity contribution is 5.85. The maximum atomic E-state index is 11.6. The number of hydrogen-bond acceptors (Lipinski definition) is 2. The molecule has 0 spiro atoms. The summed E-state index contributed by atoms with van der Waals surface area (Å²) in [6, 6.07) is 8.11. The Bertz CT molecular complexity index is 443. The molecule has 16 heavy (non-hydrogen) atoms. The molecule has 1 saturated carbocycles. The highest BCUT2D eigenvalue weighted by Crippen LogP contribution is 2.51. The van der Waals surface area contributed by atoms with Crippen LogP contribution in [0.1, 0.15) is 18.4 Å². The number of rotatable bonds is 2.